The van der Waals surface area contributed by atoms with E-state index in [4.69, 9.17) is 14.9 Å². The molecule has 0 bridgehead atoms. The molecule has 4 heteroatoms. The van der Waals surface area contributed by atoms with Gasteiger partial charge in [0, 0.05) is 5.56 Å². The average Bonchev–Trinajstić information content (AvgIpc) is 2.20. The van der Waals surface area contributed by atoms with E-state index in [0.29, 0.717) is 11.3 Å². The van der Waals surface area contributed by atoms with Gasteiger partial charge in [-0.25, -0.2) is 4.79 Å². The Morgan fingerprint density at radius 2 is 2.20 bits per heavy atom. The summed E-state index contributed by atoms with van der Waals surface area (Å²) in [5, 5.41) is 17.8. The molecule has 1 aromatic rings. The molecule has 0 fully saturated rings. The minimum absolute atomic E-state index is 0.163. The van der Waals surface area contributed by atoms with E-state index < -0.39 is 12.1 Å². The predicted molar refractivity (Wildman–Crippen MR) is 54.8 cm³/mol. The summed E-state index contributed by atoms with van der Waals surface area (Å²) in [5.41, 5.74) is 1.41. The summed E-state index contributed by atoms with van der Waals surface area (Å²) < 4.78 is 5.27. The van der Waals surface area contributed by atoms with Gasteiger partial charge >= 0.3 is 5.97 Å². The van der Waals surface area contributed by atoms with Crippen LogP contribution in [0, 0.1) is 6.92 Å². The topological polar surface area (TPSA) is 66.8 Å². The van der Waals surface area contributed by atoms with Gasteiger partial charge in [-0.2, -0.15) is 0 Å². The van der Waals surface area contributed by atoms with Crippen molar-refractivity contribution in [2.45, 2.75) is 26.6 Å². The summed E-state index contributed by atoms with van der Waals surface area (Å²) in [6, 6.07) is 5.30. The number of hydrogen-bond acceptors (Lipinski definition) is 3. The summed E-state index contributed by atoms with van der Waals surface area (Å²) in [6.07, 6.45) is -0.920. The second-order valence-corrected chi connectivity index (χ2v) is 3.32. The molecule has 2 N–H and O–H groups in total. The van der Waals surface area contributed by atoms with Crippen LogP contribution in [-0.4, -0.2) is 22.3 Å². The van der Waals surface area contributed by atoms with Gasteiger partial charge in [-0.15, -0.1) is 0 Å². The highest BCUT2D eigenvalue weighted by Crippen LogP contribution is 2.24. The summed E-state index contributed by atoms with van der Waals surface area (Å²) in [5.74, 6) is -0.572. The molecule has 1 rings (SSSR count). The molecule has 1 unspecified atom stereocenters. The fraction of sp³-hybridized carbons (Fsp3) is 0.364. The summed E-state index contributed by atoms with van der Waals surface area (Å²) in [7, 11) is 0. The molecular formula is C11H14O4. The monoisotopic (exact) mass is 210 g/mol. The highest BCUT2D eigenvalue weighted by atomic mass is 16.5. The molecule has 0 aliphatic carbocycles. The third kappa shape index (κ3) is 2.70. The molecule has 0 aromatic heterocycles. The van der Waals surface area contributed by atoms with Gasteiger partial charge in [0.1, 0.15) is 5.75 Å². The number of aliphatic carboxylic acids is 1. The van der Waals surface area contributed by atoms with Gasteiger partial charge in [0.25, 0.3) is 0 Å². The van der Waals surface area contributed by atoms with Crippen molar-refractivity contribution in [3.63, 3.8) is 0 Å². The van der Waals surface area contributed by atoms with Crippen molar-refractivity contribution in [3.05, 3.63) is 29.3 Å². The minimum Gasteiger partial charge on any atom is -0.479 e. The molecular weight excluding hydrogens is 196 g/mol. The third-order valence-corrected chi connectivity index (χ3v) is 2.11. The largest absolute Gasteiger partial charge is 0.479 e. The van der Waals surface area contributed by atoms with Gasteiger partial charge in [0.05, 0.1) is 6.61 Å². The van der Waals surface area contributed by atoms with E-state index in [1.165, 1.54) is 6.92 Å². The summed E-state index contributed by atoms with van der Waals surface area (Å²) >= 11 is 0. The number of ether oxygens (including phenoxy) is 1. The number of carboxylic acid groups (broad SMARTS) is 1. The van der Waals surface area contributed by atoms with E-state index >= 15 is 0 Å². The van der Waals surface area contributed by atoms with E-state index in [2.05, 4.69) is 0 Å². The second kappa shape index (κ2) is 4.79. The first kappa shape index (κ1) is 11.5. The van der Waals surface area contributed by atoms with Crippen molar-refractivity contribution in [2.75, 3.05) is 0 Å². The Morgan fingerprint density at radius 1 is 1.53 bits per heavy atom. The van der Waals surface area contributed by atoms with Crippen molar-refractivity contribution >= 4 is 5.97 Å². The van der Waals surface area contributed by atoms with E-state index in [1.807, 2.05) is 13.0 Å². The second-order valence-electron chi connectivity index (χ2n) is 3.32. The lowest BCUT2D eigenvalue weighted by atomic mass is 10.1. The number of hydrogen-bond donors (Lipinski definition) is 2. The Bertz CT molecular complexity index is 360. The van der Waals surface area contributed by atoms with Crippen LogP contribution < -0.4 is 4.74 Å². The molecule has 1 aromatic carbocycles. The molecule has 15 heavy (non-hydrogen) atoms. The molecule has 4 nitrogen and oxygen atoms in total. The first-order valence-electron chi connectivity index (χ1n) is 4.65. The van der Waals surface area contributed by atoms with Gasteiger partial charge in [-0.05, 0) is 19.4 Å². The number of para-hydroxylation sites is 1. The molecule has 0 radical (unpaired) electrons. The predicted octanol–water partition coefficient (Wildman–Crippen LogP) is 1.34. The Kier molecular flexibility index (Phi) is 3.68. The zero-order chi connectivity index (χ0) is 11.4. The fourth-order valence-corrected chi connectivity index (χ4v) is 1.23. The molecule has 0 spiro atoms. The van der Waals surface area contributed by atoms with Crippen molar-refractivity contribution in [3.8, 4) is 5.75 Å². The number of benzene rings is 1. The smallest absolute Gasteiger partial charge is 0.344 e. The van der Waals surface area contributed by atoms with Crippen LogP contribution in [-0.2, 0) is 11.4 Å². The Balaban J connectivity index is 2.97. The van der Waals surface area contributed by atoms with Gasteiger partial charge in [0.2, 0.25) is 0 Å². The maximum absolute atomic E-state index is 10.6. The van der Waals surface area contributed by atoms with E-state index in [-0.39, 0.29) is 6.61 Å². The molecule has 0 saturated carbocycles. The van der Waals surface area contributed by atoms with E-state index in [1.54, 1.807) is 12.1 Å². The maximum atomic E-state index is 10.6. The number of rotatable bonds is 4. The standard InChI is InChI=1S/C11H14O4/c1-7-4-3-5-9(6-12)10(7)15-8(2)11(13)14/h3-5,8,12H,6H2,1-2H3,(H,13,14). The van der Waals surface area contributed by atoms with Crippen LogP contribution in [0.1, 0.15) is 18.1 Å². The molecule has 0 saturated heterocycles. The van der Waals surface area contributed by atoms with Gasteiger partial charge < -0.3 is 14.9 Å². The van der Waals surface area contributed by atoms with E-state index in [0.717, 1.165) is 5.56 Å². The number of aliphatic hydroxyl groups excluding tert-OH is 1. The Morgan fingerprint density at radius 3 is 2.73 bits per heavy atom. The summed E-state index contributed by atoms with van der Waals surface area (Å²) in [4.78, 5) is 10.6. The minimum atomic E-state index is -1.03. The molecule has 82 valence electrons. The van der Waals surface area contributed by atoms with Gasteiger partial charge in [-0.3, -0.25) is 0 Å². The zero-order valence-corrected chi connectivity index (χ0v) is 8.73. The normalized spacial score (nSPS) is 12.2. The van der Waals surface area contributed by atoms with E-state index in [9.17, 15) is 4.79 Å². The molecule has 0 aliphatic rings. The van der Waals surface area contributed by atoms with Crippen LogP contribution in [0.5, 0.6) is 5.75 Å². The highest BCUT2D eigenvalue weighted by Gasteiger charge is 2.15. The van der Waals surface area contributed by atoms with Crippen LogP contribution in [0.3, 0.4) is 0 Å². The maximum Gasteiger partial charge on any atom is 0.344 e. The average molecular weight is 210 g/mol. The number of carboxylic acids is 1. The third-order valence-electron chi connectivity index (χ3n) is 2.11. The number of aryl methyl sites for hydroxylation is 1. The number of aliphatic hydroxyl groups is 1. The Labute approximate surface area is 88.1 Å². The van der Waals surface area contributed by atoms with Crippen LogP contribution in [0.15, 0.2) is 18.2 Å². The highest BCUT2D eigenvalue weighted by molar-refractivity contribution is 5.72. The molecule has 0 aliphatic heterocycles. The molecule has 0 heterocycles. The quantitative estimate of drug-likeness (QED) is 0.787. The van der Waals surface area contributed by atoms with Crippen LogP contribution in [0.4, 0.5) is 0 Å². The first-order valence-corrected chi connectivity index (χ1v) is 4.65. The van der Waals surface area contributed by atoms with Gasteiger partial charge in [0.15, 0.2) is 6.10 Å². The molecule has 0 amide bonds. The summed E-state index contributed by atoms with van der Waals surface area (Å²) in [6.45, 7) is 3.10. The fourth-order valence-electron chi connectivity index (χ4n) is 1.23. The van der Waals surface area contributed by atoms with Crippen molar-refractivity contribution < 1.29 is 19.7 Å². The van der Waals surface area contributed by atoms with Gasteiger partial charge in [-0.1, -0.05) is 18.2 Å². The lowest BCUT2D eigenvalue weighted by Crippen LogP contribution is -2.23. The zero-order valence-electron chi connectivity index (χ0n) is 8.73. The SMILES string of the molecule is Cc1cccc(CO)c1OC(C)C(=O)O. The van der Waals surface area contributed by atoms with Crippen LogP contribution in [0.2, 0.25) is 0 Å². The Hall–Kier alpha value is -1.55. The van der Waals surface area contributed by atoms with Crippen molar-refractivity contribution in [1.29, 1.82) is 0 Å². The lowest BCUT2D eigenvalue weighted by molar-refractivity contribution is -0.144. The van der Waals surface area contributed by atoms with Crippen LogP contribution in [0.25, 0.3) is 0 Å². The first-order chi connectivity index (χ1) is 7.06. The number of carbonyl (C=O) groups is 1. The molecule has 1 atom stereocenters. The van der Waals surface area contributed by atoms with Crippen molar-refractivity contribution in [2.24, 2.45) is 0 Å². The lowest BCUT2D eigenvalue weighted by Gasteiger charge is -2.15. The van der Waals surface area contributed by atoms with Crippen LogP contribution >= 0.6 is 0 Å². The van der Waals surface area contributed by atoms with Crippen molar-refractivity contribution in [1.82, 2.24) is 0 Å².